The van der Waals surface area contributed by atoms with E-state index in [0.717, 1.165) is 0 Å². The molecule has 1 aliphatic carbocycles. The molecule has 22 heavy (non-hydrogen) atoms. The molecule has 1 heterocycles. The monoisotopic (exact) mass is 324 g/mol. The van der Waals surface area contributed by atoms with E-state index < -0.39 is 17.2 Å². The minimum Gasteiger partial charge on any atom is -0.444 e. The maximum Gasteiger partial charge on any atom is 0.408 e. The summed E-state index contributed by atoms with van der Waals surface area (Å²) < 4.78 is 5.22. The lowest BCUT2D eigenvalue weighted by Crippen LogP contribution is -2.50. The van der Waals surface area contributed by atoms with Crippen molar-refractivity contribution in [2.24, 2.45) is 0 Å². The van der Waals surface area contributed by atoms with E-state index in [1.807, 2.05) is 5.38 Å². The molecule has 0 unspecified atom stereocenters. The van der Waals surface area contributed by atoms with Crippen LogP contribution in [-0.2, 0) is 9.53 Å². The molecule has 2 rings (SSSR count). The van der Waals surface area contributed by atoms with E-state index in [1.165, 1.54) is 5.56 Å². The van der Waals surface area contributed by atoms with Gasteiger partial charge in [-0.15, -0.1) is 0 Å². The fraction of sp³-hybridized carbons (Fsp3) is 0.625. The molecular formula is C16H24N2O3S. The van der Waals surface area contributed by atoms with Crippen LogP contribution >= 0.6 is 11.3 Å². The van der Waals surface area contributed by atoms with Crippen molar-refractivity contribution in [3.8, 4) is 0 Å². The summed E-state index contributed by atoms with van der Waals surface area (Å²) >= 11 is 1.65. The highest BCUT2D eigenvalue weighted by atomic mass is 32.1. The number of rotatable bonds is 5. The summed E-state index contributed by atoms with van der Waals surface area (Å²) in [5.41, 5.74) is -0.129. The molecule has 1 atom stereocenters. The van der Waals surface area contributed by atoms with Gasteiger partial charge in [0.1, 0.15) is 11.1 Å². The van der Waals surface area contributed by atoms with Gasteiger partial charge in [-0.3, -0.25) is 4.79 Å². The van der Waals surface area contributed by atoms with E-state index in [1.54, 1.807) is 32.1 Å². The standard InChI is InChI=1S/C16H24N2O3S/c1-11(12-5-8-22-10-12)9-17-13(19)16(6-7-16)18-14(20)21-15(2,3)4/h5,8,10-11H,6-7,9H2,1-4H3,(H,17,19)(H,18,20)/t11-/m1/s1. The molecule has 1 fully saturated rings. The average Bonchev–Trinajstić information content (AvgIpc) is 2.97. The Hall–Kier alpha value is -1.56. The Labute approximate surface area is 135 Å². The number of carbonyl (C=O) groups is 2. The van der Waals surface area contributed by atoms with Crippen molar-refractivity contribution in [2.75, 3.05) is 6.54 Å². The van der Waals surface area contributed by atoms with Crippen LogP contribution in [0.2, 0.25) is 0 Å². The number of thiophene rings is 1. The molecule has 6 heteroatoms. The minimum absolute atomic E-state index is 0.125. The second kappa shape index (κ2) is 6.28. The number of amides is 2. The quantitative estimate of drug-likeness (QED) is 0.875. The lowest BCUT2D eigenvalue weighted by atomic mass is 10.1. The average molecular weight is 324 g/mol. The van der Waals surface area contributed by atoms with Gasteiger partial charge in [0.05, 0.1) is 0 Å². The number of carbonyl (C=O) groups excluding carboxylic acids is 2. The predicted molar refractivity (Wildman–Crippen MR) is 87.1 cm³/mol. The van der Waals surface area contributed by atoms with Crippen LogP contribution < -0.4 is 10.6 Å². The van der Waals surface area contributed by atoms with Gasteiger partial charge >= 0.3 is 6.09 Å². The number of hydrogen-bond donors (Lipinski definition) is 2. The number of alkyl carbamates (subject to hydrolysis) is 1. The Balaban J connectivity index is 1.83. The van der Waals surface area contributed by atoms with Crippen LogP contribution in [0, 0.1) is 0 Å². The molecule has 122 valence electrons. The first-order valence-electron chi connectivity index (χ1n) is 7.53. The predicted octanol–water partition coefficient (Wildman–Crippen LogP) is 3.03. The third kappa shape index (κ3) is 4.47. The third-order valence-corrected chi connectivity index (χ3v) is 4.31. The van der Waals surface area contributed by atoms with Crippen molar-refractivity contribution in [1.29, 1.82) is 0 Å². The highest BCUT2D eigenvalue weighted by molar-refractivity contribution is 7.07. The Kier molecular flexibility index (Phi) is 4.80. The molecular weight excluding hydrogens is 300 g/mol. The number of hydrogen-bond acceptors (Lipinski definition) is 4. The first-order valence-corrected chi connectivity index (χ1v) is 8.48. The van der Waals surface area contributed by atoms with Crippen molar-refractivity contribution in [3.05, 3.63) is 22.4 Å². The first kappa shape index (κ1) is 16.8. The zero-order valence-electron chi connectivity index (χ0n) is 13.6. The molecule has 0 radical (unpaired) electrons. The highest BCUT2D eigenvalue weighted by Crippen LogP contribution is 2.36. The summed E-state index contributed by atoms with van der Waals surface area (Å²) in [5.74, 6) is 0.132. The van der Waals surface area contributed by atoms with E-state index in [0.29, 0.717) is 19.4 Å². The van der Waals surface area contributed by atoms with Gasteiger partial charge in [0.15, 0.2) is 0 Å². The van der Waals surface area contributed by atoms with Gasteiger partial charge < -0.3 is 15.4 Å². The van der Waals surface area contributed by atoms with Gasteiger partial charge in [0, 0.05) is 6.54 Å². The largest absolute Gasteiger partial charge is 0.444 e. The van der Waals surface area contributed by atoms with Gasteiger partial charge in [0.25, 0.3) is 0 Å². The molecule has 0 bridgehead atoms. The maximum absolute atomic E-state index is 12.3. The van der Waals surface area contributed by atoms with Crippen LogP contribution in [0.15, 0.2) is 16.8 Å². The van der Waals surface area contributed by atoms with Crippen molar-refractivity contribution >= 4 is 23.3 Å². The summed E-state index contributed by atoms with van der Waals surface area (Å²) in [6.45, 7) is 8.04. The van der Waals surface area contributed by atoms with Gasteiger partial charge in [-0.05, 0) is 61.9 Å². The molecule has 2 amide bonds. The highest BCUT2D eigenvalue weighted by Gasteiger charge is 2.51. The van der Waals surface area contributed by atoms with Crippen LogP contribution in [0.25, 0.3) is 0 Å². The molecule has 5 nitrogen and oxygen atoms in total. The Morgan fingerprint density at radius 2 is 2.09 bits per heavy atom. The maximum atomic E-state index is 12.3. The number of ether oxygens (including phenoxy) is 1. The van der Waals surface area contributed by atoms with Gasteiger partial charge in [-0.2, -0.15) is 11.3 Å². The Morgan fingerprint density at radius 1 is 1.41 bits per heavy atom. The van der Waals surface area contributed by atoms with Gasteiger partial charge in [-0.25, -0.2) is 4.79 Å². The lowest BCUT2D eigenvalue weighted by Gasteiger charge is -2.23. The first-order chi connectivity index (χ1) is 10.2. The molecule has 0 aromatic carbocycles. The normalized spacial score (nSPS) is 17.5. The van der Waals surface area contributed by atoms with E-state index in [2.05, 4.69) is 29.0 Å². The molecule has 2 N–H and O–H groups in total. The van der Waals surface area contributed by atoms with E-state index in [4.69, 9.17) is 4.74 Å². The van der Waals surface area contributed by atoms with Gasteiger partial charge in [-0.1, -0.05) is 6.92 Å². The van der Waals surface area contributed by atoms with Crippen LogP contribution in [0.5, 0.6) is 0 Å². The zero-order chi connectivity index (χ0) is 16.4. The summed E-state index contributed by atoms with van der Waals surface area (Å²) in [7, 11) is 0. The smallest absolute Gasteiger partial charge is 0.408 e. The van der Waals surface area contributed by atoms with E-state index in [-0.39, 0.29) is 11.8 Å². The Morgan fingerprint density at radius 3 is 2.59 bits per heavy atom. The van der Waals surface area contributed by atoms with Crippen molar-refractivity contribution in [2.45, 2.75) is 57.6 Å². The minimum atomic E-state index is -0.781. The van der Waals surface area contributed by atoms with Crippen LogP contribution in [0.3, 0.4) is 0 Å². The summed E-state index contributed by atoms with van der Waals surface area (Å²) in [4.78, 5) is 24.2. The molecule has 0 aliphatic heterocycles. The topological polar surface area (TPSA) is 67.4 Å². The van der Waals surface area contributed by atoms with Crippen LogP contribution in [-0.4, -0.2) is 29.7 Å². The molecule has 1 saturated carbocycles. The summed E-state index contributed by atoms with van der Waals surface area (Å²) in [5, 5.41) is 9.76. The van der Waals surface area contributed by atoms with Crippen molar-refractivity contribution in [3.63, 3.8) is 0 Å². The fourth-order valence-corrected chi connectivity index (χ4v) is 2.90. The number of nitrogens with one attached hydrogen (secondary N) is 2. The second-order valence-corrected chi connectivity index (χ2v) is 7.66. The Bertz CT molecular complexity index is 530. The molecule has 0 spiro atoms. The SMILES string of the molecule is C[C@H](CNC(=O)C1(NC(=O)OC(C)(C)C)CC1)c1ccsc1. The summed E-state index contributed by atoms with van der Waals surface area (Å²) in [6, 6.07) is 2.06. The lowest BCUT2D eigenvalue weighted by molar-refractivity contribution is -0.124. The zero-order valence-corrected chi connectivity index (χ0v) is 14.4. The van der Waals surface area contributed by atoms with Crippen molar-refractivity contribution in [1.82, 2.24) is 10.6 Å². The molecule has 1 aromatic heterocycles. The van der Waals surface area contributed by atoms with E-state index >= 15 is 0 Å². The summed E-state index contributed by atoms with van der Waals surface area (Å²) in [6.07, 6.45) is 0.779. The molecule has 1 aromatic rings. The van der Waals surface area contributed by atoms with Crippen molar-refractivity contribution < 1.29 is 14.3 Å². The molecule has 0 saturated heterocycles. The van der Waals surface area contributed by atoms with E-state index in [9.17, 15) is 9.59 Å². The van der Waals surface area contributed by atoms with Crippen LogP contribution in [0.1, 0.15) is 52.0 Å². The second-order valence-electron chi connectivity index (χ2n) is 6.88. The molecule has 1 aliphatic rings. The van der Waals surface area contributed by atoms with Crippen LogP contribution in [0.4, 0.5) is 4.79 Å². The fourth-order valence-electron chi connectivity index (χ4n) is 2.12. The third-order valence-electron chi connectivity index (χ3n) is 3.61. The van der Waals surface area contributed by atoms with Gasteiger partial charge in [0.2, 0.25) is 5.91 Å².